The third kappa shape index (κ3) is 6.04. The van der Waals surface area contributed by atoms with Gasteiger partial charge in [-0.2, -0.15) is 8.78 Å². The summed E-state index contributed by atoms with van der Waals surface area (Å²) in [6.07, 6.45) is -0.719. The van der Waals surface area contributed by atoms with Gasteiger partial charge < -0.3 is 14.6 Å². The predicted molar refractivity (Wildman–Crippen MR) is 104 cm³/mol. The third-order valence-corrected chi connectivity index (χ3v) is 4.77. The van der Waals surface area contributed by atoms with E-state index in [4.69, 9.17) is 21.1 Å². The van der Waals surface area contributed by atoms with Gasteiger partial charge in [0, 0.05) is 5.41 Å². The van der Waals surface area contributed by atoms with E-state index in [1.807, 2.05) is 38.1 Å². The Bertz CT molecular complexity index is 734. The Morgan fingerprint density at radius 3 is 1.82 bits per heavy atom. The van der Waals surface area contributed by atoms with E-state index in [1.165, 1.54) is 0 Å². The second-order valence-electron chi connectivity index (χ2n) is 7.07. The fourth-order valence-electron chi connectivity index (χ4n) is 2.57. The Balaban J connectivity index is 2.05. The monoisotopic (exact) mass is 416 g/mol. The lowest BCUT2D eigenvalue weighted by atomic mass is 9.78. The van der Waals surface area contributed by atoms with Crippen molar-refractivity contribution in [2.75, 3.05) is 25.8 Å². The summed E-state index contributed by atoms with van der Waals surface area (Å²) in [5, 5.41) is 9.44. The SMILES string of the molecule is CC(C)(c1ccc(OCC(O)CCl)cc1)c1ccc(OCC(F)(F)CF)cc1. The Hall–Kier alpha value is -1.92. The highest BCUT2D eigenvalue weighted by molar-refractivity contribution is 6.18. The van der Waals surface area contributed by atoms with Crippen LogP contribution in [0.5, 0.6) is 11.5 Å². The molecule has 0 spiro atoms. The molecule has 0 aliphatic carbocycles. The maximum absolute atomic E-state index is 12.9. The molecule has 0 amide bonds. The molecule has 1 atom stereocenters. The Morgan fingerprint density at radius 2 is 1.39 bits per heavy atom. The number of alkyl halides is 4. The van der Waals surface area contributed by atoms with Crippen LogP contribution in [-0.2, 0) is 5.41 Å². The normalized spacial score (nSPS) is 13.2. The number of aliphatic hydroxyl groups excluding tert-OH is 1. The molecule has 1 unspecified atom stereocenters. The van der Waals surface area contributed by atoms with Crippen molar-refractivity contribution >= 4 is 11.6 Å². The van der Waals surface area contributed by atoms with Gasteiger partial charge in [-0.05, 0) is 35.4 Å². The van der Waals surface area contributed by atoms with Crippen LogP contribution in [-0.4, -0.2) is 42.9 Å². The van der Waals surface area contributed by atoms with Gasteiger partial charge in [0.25, 0.3) is 0 Å². The molecular formula is C21H24ClF3O3. The molecule has 7 heteroatoms. The molecule has 0 fully saturated rings. The summed E-state index contributed by atoms with van der Waals surface area (Å²) in [4.78, 5) is 0. The summed E-state index contributed by atoms with van der Waals surface area (Å²) >= 11 is 5.54. The highest BCUT2D eigenvalue weighted by Crippen LogP contribution is 2.33. The largest absolute Gasteiger partial charge is 0.491 e. The van der Waals surface area contributed by atoms with Crippen LogP contribution in [0.4, 0.5) is 13.2 Å². The Morgan fingerprint density at radius 1 is 0.929 bits per heavy atom. The molecule has 0 aliphatic heterocycles. The van der Waals surface area contributed by atoms with Crippen molar-refractivity contribution in [1.82, 2.24) is 0 Å². The number of hydrogen-bond acceptors (Lipinski definition) is 3. The number of benzene rings is 2. The minimum Gasteiger partial charge on any atom is -0.491 e. The summed E-state index contributed by atoms with van der Waals surface area (Å²) < 4.78 is 48.5. The summed E-state index contributed by atoms with van der Waals surface area (Å²) in [6.45, 7) is 1.45. The lowest BCUT2D eigenvalue weighted by Crippen LogP contribution is -2.27. The van der Waals surface area contributed by atoms with Crippen molar-refractivity contribution in [3.8, 4) is 11.5 Å². The Kier molecular flexibility index (Phi) is 7.61. The van der Waals surface area contributed by atoms with Crippen molar-refractivity contribution in [3.63, 3.8) is 0 Å². The molecule has 3 nitrogen and oxygen atoms in total. The molecular weight excluding hydrogens is 393 g/mol. The summed E-state index contributed by atoms with van der Waals surface area (Å²) in [5.74, 6) is -2.49. The zero-order valence-corrected chi connectivity index (χ0v) is 16.6. The van der Waals surface area contributed by atoms with E-state index < -0.39 is 25.3 Å². The molecule has 1 N–H and O–H groups in total. The minimum atomic E-state index is -3.48. The van der Waals surface area contributed by atoms with Crippen LogP contribution in [0, 0.1) is 0 Å². The summed E-state index contributed by atoms with van der Waals surface area (Å²) in [6, 6.07) is 14.3. The van der Waals surface area contributed by atoms with Gasteiger partial charge >= 0.3 is 5.92 Å². The second-order valence-corrected chi connectivity index (χ2v) is 7.38. The fraction of sp³-hybridized carbons (Fsp3) is 0.429. The van der Waals surface area contributed by atoms with Crippen molar-refractivity contribution in [1.29, 1.82) is 0 Å². The van der Waals surface area contributed by atoms with Gasteiger partial charge in [-0.1, -0.05) is 38.1 Å². The van der Waals surface area contributed by atoms with Crippen LogP contribution < -0.4 is 9.47 Å². The molecule has 28 heavy (non-hydrogen) atoms. The molecule has 0 saturated carbocycles. The van der Waals surface area contributed by atoms with E-state index in [0.717, 1.165) is 11.1 Å². The molecule has 154 valence electrons. The van der Waals surface area contributed by atoms with E-state index in [0.29, 0.717) is 5.75 Å². The molecule has 0 radical (unpaired) electrons. The van der Waals surface area contributed by atoms with Crippen LogP contribution >= 0.6 is 11.6 Å². The molecule has 0 heterocycles. The van der Waals surface area contributed by atoms with Gasteiger partial charge in [0.05, 0.1) is 5.88 Å². The zero-order valence-electron chi connectivity index (χ0n) is 15.8. The quantitative estimate of drug-likeness (QED) is 0.555. The maximum atomic E-state index is 12.9. The average molecular weight is 417 g/mol. The van der Waals surface area contributed by atoms with Gasteiger partial charge in [0.15, 0.2) is 13.3 Å². The highest BCUT2D eigenvalue weighted by atomic mass is 35.5. The number of aliphatic hydroxyl groups is 1. The number of ether oxygens (including phenoxy) is 2. The van der Waals surface area contributed by atoms with Crippen LogP contribution in [0.25, 0.3) is 0 Å². The molecule has 0 aliphatic rings. The number of halogens is 4. The maximum Gasteiger partial charge on any atom is 0.309 e. The lowest BCUT2D eigenvalue weighted by Gasteiger charge is -2.26. The molecule has 0 bridgehead atoms. The van der Waals surface area contributed by atoms with E-state index >= 15 is 0 Å². The first kappa shape index (κ1) is 22.4. The molecule has 0 saturated heterocycles. The van der Waals surface area contributed by atoms with Gasteiger partial charge in [0.2, 0.25) is 0 Å². The Labute approximate surface area is 168 Å². The van der Waals surface area contributed by atoms with Crippen LogP contribution in [0.15, 0.2) is 48.5 Å². The third-order valence-electron chi connectivity index (χ3n) is 4.42. The van der Waals surface area contributed by atoms with Crippen LogP contribution in [0.3, 0.4) is 0 Å². The van der Waals surface area contributed by atoms with Gasteiger partial charge in [-0.3, -0.25) is 0 Å². The fourth-order valence-corrected chi connectivity index (χ4v) is 2.66. The number of hydrogen-bond donors (Lipinski definition) is 1. The molecule has 2 aromatic rings. The highest BCUT2D eigenvalue weighted by Gasteiger charge is 2.30. The van der Waals surface area contributed by atoms with Crippen molar-refractivity contribution in [3.05, 3.63) is 59.7 Å². The zero-order chi connectivity index (χ0) is 20.8. The van der Waals surface area contributed by atoms with Gasteiger partial charge in [0.1, 0.15) is 24.2 Å². The smallest absolute Gasteiger partial charge is 0.309 e. The molecule has 2 rings (SSSR count). The summed E-state index contributed by atoms with van der Waals surface area (Å²) in [7, 11) is 0. The number of rotatable bonds is 10. The summed E-state index contributed by atoms with van der Waals surface area (Å²) in [5.41, 5.74) is 1.63. The van der Waals surface area contributed by atoms with Crippen LogP contribution in [0.1, 0.15) is 25.0 Å². The van der Waals surface area contributed by atoms with E-state index in [-0.39, 0.29) is 23.7 Å². The topological polar surface area (TPSA) is 38.7 Å². The van der Waals surface area contributed by atoms with Crippen molar-refractivity contribution in [2.45, 2.75) is 31.3 Å². The minimum absolute atomic E-state index is 0.107. The van der Waals surface area contributed by atoms with E-state index in [2.05, 4.69) is 0 Å². The van der Waals surface area contributed by atoms with Crippen molar-refractivity contribution < 1.29 is 27.8 Å². The van der Waals surface area contributed by atoms with Gasteiger partial charge in [-0.15, -0.1) is 11.6 Å². The van der Waals surface area contributed by atoms with Gasteiger partial charge in [-0.25, -0.2) is 4.39 Å². The first-order chi connectivity index (χ1) is 13.2. The first-order valence-corrected chi connectivity index (χ1v) is 9.36. The van der Waals surface area contributed by atoms with E-state index in [1.54, 1.807) is 24.3 Å². The second kappa shape index (κ2) is 9.52. The average Bonchev–Trinajstić information content (AvgIpc) is 2.71. The standard InChI is InChI=1S/C21H24ClF3O3/c1-20(2,15-3-7-18(8-4-15)27-12-17(26)11-22)16-5-9-19(10-6-16)28-14-21(24,25)13-23/h3-10,17,26H,11-14H2,1-2H3. The molecule has 0 aromatic heterocycles. The molecule has 2 aromatic carbocycles. The van der Waals surface area contributed by atoms with Crippen LogP contribution in [0.2, 0.25) is 0 Å². The lowest BCUT2D eigenvalue weighted by molar-refractivity contribution is -0.0584. The van der Waals surface area contributed by atoms with E-state index in [9.17, 15) is 18.3 Å². The predicted octanol–water partition coefficient (Wildman–Crippen LogP) is 4.97. The van der Waals surface area contributed by atoms with Crippen molar-refractivity contribution in [2.24, 2.45) is 0 Å². The first-order valence-electron chi connectivity index (χ1n) is 8.82.